The van der Waals surface area contributed by atoms with Crippen LogP contribution in [0.5, 0.6) is 5.75 Å². The van der Waals surface area contributed by atoms with E-state index < -0.39 is 12.1 Å². The second-order valence-corrected chi connectivity index (χ2v) is 6.39. The van der Waals surface area contributed by atoms with E-state index in [-0.39, 0.29) is 18.6 Å². The topological polar surface area (TPSA) is 88.4 Å². The zero-order chi connectivity index (χ0) is 20.5. The summed E-state index contributed by atoms with van der Waals surface area (Å²) in [7, 11) is 0. The summed E-state index contributed by atoms with van der Waals surface area (Å²) in [5.74, 6) is -0.581. The van der Waals surface area contributed by atoms with Crippen molar-refractivity contribution in [2.45, 2.75) is 39.3 Å². The molecule has 1 N–H and O–H groups in total. The van der Waals surface area contributed by atoms with Crippen LogP contribution in [0.3, 0.4) is 0 Å². The first kappa shape index (κ1) is 21.0. The quantitative estimate of drug-likeness (QED) is 0.710. The number of carbonyl (C=O) groups is 2. The number of nitrogens with one attached hydrogen (secondary N) is 1. The highest BCUT2D eigenvalue weighted by atomic mass is 16.6. The number of hydrogen-bond acceptors (Lipinski definition) is 5. The van der Waals surface area contributed by atoms with Crippen LogP contribution in [-0.2, 0) is 20.7 Å². The van der Waals surface area contributed by atoms with Crippen LogP contribution in [0.25, 0.3) is 0 Å². The van der Waals surface area contributed by atoms with Crippen molar-refractivity contribution in [3.05, 3.63) is 65.2 Å². The summed E-state index contributed by atoms with van der Waals surface area (Å²) in [5.41, 5.74) is 2.71. The number of ether oxygens (including phenoxy) is 2. The molecule has 28 heavy (non-hydrogen) atoms. The van der Waals surface area contributed by atoms with Crippen LogP contribution in [0.2, 0.25) is 0 Å². The molecule has 0 aliphatic carbocycles. The fourth-order valence-electron chi connectivity index (χ4n) is 2.52. The molecule has 0 saturated heterocycles. The first-order valence-electron chi connectivity index (χ1n) is 9.14. The van der Waals surface area contributed by atoms with Gasteiger partial charge in [-0.3, -0.25) is 4.79 Å². The molecule has 0 aliphatic heterocycles. The third-order valence-electron chi connectivity index (χ3n) is 4.24. The van der Waals surface area contributed by atoms with Gasteiger partial charge in [0.2, 0.25) is 0 Å². The Morgan fingerprint density at radius 2 is 1.71 bits per heavy atom. The maximum Gasteiger partial charge on any atom is 0.347 e. The monoisotopic (exact) mass is 380 g/mol. The molecule has 0 aliphatic rings. The molecule has 0 unspecified atom stereocenters. The van der Waals surface area contributed by atoms with Crippen molar-refractivity contribution in [1.29, 1.82) is 5.26 Å². The van der Waals surface area contributed by atoms with E-state index in [1.165, 1.54) is 12.5 Å². The molecule has 6 heteroatoms. The summed E-state index contributed by atoms with van der Waals surface area (Å²) < 4.78 is 10.5. The van der Waals surface area contributed by atoms with Gasteiger partial charge in [0, 0.05) is 0 Å². The van der Waals surface area contributed by atoms with Gasteiger partial charge in [-0.2, -0.15) is 5.26 Å². The van der Waals surface area contributed by atoms with Gasteiger partial charge in [0.25, 0.3) is 5.91 Å². The summed E-state index contributed by atoms with van der Waals surface area (Å²) in [5, 5.41) is 11.6. The van der Waals surface area contributed by atoms with E-state index in [0.29, 0.717) is 11.3 Å². The van der Waals surface area contributed by atoms with Gasteiger partial charge in [-0.15, -0.1) is 0 Å². The molecule has 2 aromatic rings. The maximum absolute atomic E-state index is 12.0. The molecule has 2 rings (SSSR count). The van der Waals surface area contributed by atoms with E-state index >= 15 is 0 Å². The van der Waals surface area contributed by atoms with Gasteiger partial charge in [0.05, 0.1) is 17.7 Å². The van der Waals surface area contributed by atoms with Crippen molar-refractivity contribution in [3.63, 3.8) is 0 Å². The Bertz CT molecular complexity index is 838. The number of rotatable bonds is 8. The minimum atomic E-state index is -0.875. The van der Waals surface area contributed by atoms with Crippen LogP contribution in [0, 0.1) is 11.3 Å². The van der Waals surface area contributed by atoms with Gasteiger partial charge >= 0.3 is 5.97 Å². The molecule has 0 heterocycles. The first-order chi connectivity index (χ1) is 13.4. The van der Waals surface area contributed by atoms with Gasteiger partial charge in [0.1, 0.15) is 5.75 Å². The van der Waals surface area contributed by atoms with Crippen molar-refractivity contribution in [3.8, 4) is 11.8 Å². The number of aryl methyl sites for hydroxylation is 1. The predicted molar refractivity (Wildman–Crippen MR) is 105 cm³/mol. The average Bonchev–Trinajstić information content (AvgIpc) is 2.72. The number of nitriles is 1. The second-order valence-electron chi connectivity index (χ2n) is 6.39. The van der Waals surface area contributed by atoms with Gasteiger partial charge in [-0.05, 0) is 55.7 Å². The van der Waals surface area contributed by atoms with E-state index in [0.717, 1.165) is 12.0 Å². The second kappa shape index (κ2) is 10.1. The molecule has 0 saturated carbocycles. The third-order valence-corrected chi connectivity index (χ3v) is 4.24. The van der Waals surface area contributed by atoms with Gasteiger partial charge in [-0.25, -0.2) is 4.79 Å². The van der Waals surface area contributed by atoms with Crippen LogP contribution in [0.4, 0.5) is 0 Å². The van der Waals surface area contributed by atoms with Crippen LogP contribution in [-0.4, -0.2) is 24.6 Å². The van der Waals surface area contributed by atoms with E-state index in [1.807, 2.05) is 37.3 Å². The predicted octanol–water partition coefficient (Wildman–Crippen LogP) is 3.31. The molecule has 146 valence electrons. The van der Waals surface area contributed by atoms with Crippen molar-refractivity contribution >= 4 is 11.9 Å². The zero-order valence-corrected chi connectivity index (χ0v) is 16.3. The first-order valence-corrected chi connectivity index (χ1v) is 9.14. The van der Waals surface area contributed by atoms with E-state index in [1.54, 1.807) is 24.3 Å². The van der Waals surface area contributed by atoms with E-state index in [4.69, 9.17) is 14.7 Å². The SMILES string of the molecule is CCc1ccc([C@H](C)NC(=O)COC(=O)[C@@H](C)Oc2ccc(C#N)cc2)cc1. The van der Waals surface area contributed by atoms with Crippen molar-refractivity contribution in [1.82, 2.24) is 5.32 Å². The molecule has 1 amide bonds. The number of benzene rings is 2. The minimum absolute atomic E-state index is 0.190. The van der Waals surface area contributed by atoms with Crippen LogP contribution >= 0.6 is 0 Å². The van der Waals surface area contributed by atoms with E-state index in [9.17, 15) is 9.59 Å². The Morgan fingerprint density at radius 1 is 1.07 bits per heavy atom. The lowest BCUT2D eigenvalue weighted by molar-refractivity contribution is -0.154. The minimum Gasteiger partial charge on any atom is -0.479 e. The third kappa shape index (κ3) is 6.13. The number of amides is 1. The molecule has 0 spiro atoms. The highest BCUT2D eigenvalue weighted by Gasteiger charge is 2.18. The highest BCUT2D eigenvalue weighted by Crippen LogP contribution is 2.15. The lowest BCUT2D eigenvalue weighted by Gasteiger charge is -2.16. The maximum atomic E-state index is 12.0. The fourth-order valence-corrected chi connectivity index (χ4v) is 2.52. The smallest absolute Gasteiger partial charge is 0.347 e. The number of nitrogens with zero attached hydrogens (tertiary/aromatic N) is 1. The largest absolute Gasteiger partial charge is 0.479 e. The van der Waals surface area contributed by atoms with Gasteiger partial charge < -0.3 is 14.8 Å². The summed E-state index contributed by atoms with van der Waals surface area (Å²) in [6, 6.07) is 16.2. The number of carbonyl (C=O) groups excluding carboxylic acids is 2. The Morgan fingerprint density at radius 3 is 2.29 bits per heavy atom. The Balaban J connectivity index is 1.78. The van der Waals surface area contributed by atoms with Gasteiger partial charge in [-0.1, -0.05) is 31.2 Å². The summed E-state index contributed by atoms with van der Waals surface area (Å²) in [6.45, 7) is 5.12. The average molecular weight is 380 g/mol. The zero-order valence-electron chi connectivity index (χ0n) is 16.3. The Hall–Kier alpha value is -3.33. The van der Waals surface area contributed by atoms with Gasteiger partial charge in [0.15, 0.2) is 12.7 Å². The number of hydrogen-bond donors (Lipinski definition) is 1. The van der Waals surface area contributed by atoms with Crippen molar-refractivity contribution in [2.24, 2.45) is 0 Å². The molecule has 0 fully saturated rings. The highest BCUT2D eigenvalue weighted by molar-refractivity contribution is 5.82. The van der Waals surface area contributed by atoms with Crippen LogP contribution in [0.15, 0.2) is 48.5 Å². The van der Waals surface area contributed by atoms with Crippen LogP contribution in [0.1, 0.15) is 43.5 Å². The van der Waals surface area contributed by atoms with E-state index in [2.05, 4.69) is 12.2 Å². The molecule has 0 bridgehead atoms. The lowest BCUT2D eigenvalue weighted by atomic mass is 10.1. The molecule has 2 aromatic carbocycles. The molecular weight excluding hydrogens is 356 g/mol. The Labute approximate surface area is 165 Å². The normalized spacial score (nSPS) is 12.4. The molecule has 0 aromatic heterocycles. The number of esters is 1. The fraction of sp³-hybridized carbons (Fsp3) is 0.318. The van der Waals surface area contributed by atoms with Crippen LogP contribution < -0.4 is 10.1 Å². The summed E-state index contributed by atoms with van der Waals surface area (Å²) >= 11 is 0. The molecule has 2 atom stereocenters. The van der Waals surface area contributed by atoms with Crippen molar-refractivity contribution in [2.75, 3.05) is 6.61 Å². The molecule has 0 radical (unpaired) electrons. The van der Waals surface area contributed by atoms with Crippen molar-refractivity contribution < 1.29 is 19.1 Å². The summed E-state index contributed by atoms with van der Waals surface area (Å²) in [4.78, 5) is 24.1. The Kier molecular flexibility index (Phi) is 7.58. The standard InChI is InChI=1S/C22H24N2O4/c1-4-17-5-9-19(10-6-17)15(2)24-21(25)14-27-22(26)16(3)28-20-11-7-18(13-23)8-12-20/h5-12,15-16H,4,14H2,1-3H3,(H,24,25)/t15-,16+/m0/s1. The summed E-state index contributed by atoms with van der Waals surface area (Å²) in [6.07, 6.45) is 0.0828. The molecule has 6 nitrogen and oxygen atoms in total. The lowest BCUT2D eigenvalue weighted by Crippen LogP contribution is -2.34. The molecular formula is C22H24N2O4.